The summed E-state index contributed by atoms with van der Waals surface area (Å²) in [6.45, 7) is 0. The van der Waals surface area contributed by atoms with E-state index in [0.29, 0.717) is 5.56 Å². The first-order valence-corrected chi connectivity index (χ1v) is 7.52. The summed E-state index contributed by atoms with van der Waals surface area (Å²) in [7, 11) is -3.42. The lowest BCUT2D eigenvalue weighted by Gasteiger charge is -2.08. The molecular weight excluding hydrogens is 283 g/mol. The van der Waals surface area contributed by atoms with Crippen molar-refractivity contribution in [2.75, 3.05) is 6.26 Å². The zero-order chi connectivity index (χ0) is 14.9. The third kappa shape index (κ3) is 2.70. The molecule has 1 N–H and O–H groups in total. The van der Waals surface area contributed by atoms with Crippen molar-refractivity contribution in [3.05, 3.63) is 53.8 Å². The summed E-state index contributed by atoms with van der Waals surface area (Å²) in [5, 5.41) is 9.08. The first kappa shape index (κ1) is 14.2. The van der Waals surface area contributed by atoms with Gasteiger partial charge in [0.05, 0.1) is 4.90 Å². The van der Waals surface area contributed by atoms with Crippen molar-refractivity contribution in [3.8, 4) is 11.1 Å². The molecule has 0 atom stereocenters. The molecule has 4 nitrogen and oxygen atoms in total. The minimum Gasteiger partial charge on any atom is -0.478 e. The molecule has 0 aromatic heterocycles. The molecule has 2 aromatic carbocycles. The third-order valence-corrected chi connectivity index (χ3v) is 3.91. The van der Waals surface area contributed by atoms with Gasteiger partial charge < -0.3 is 5.11 Å². The molecule has 0 saturated heterocycles. The largest absolute Gasteiger partial charge is 0.478 e. The highest BCUT2D eigenvalue weighted by atomic mass is 32.2. The van der Waals surface area contributed by atoms with Gasteiger partial charge in [0.25, 0.3) is 0 Å². The van der Waals surface area contributed by atoms with Gasteiger partial charge in [0, 0.05) is 6.26 Å². The number of carboxylic acid groups (broad SMARTS) is 1. The van der Waals surface area contributed by atoms with E-state index in [4.69, 9.17) is 5.11 Å². The fourth-order valence-corrected chi connectivity index (χ4v) is 2.54. The number of carbonyl (C=O) groups is 1. The highest BCUT2D eigenvalue weighted by molar-refractivity contribution is 7.90. The Morgan fingerprint density at radius 2 is 1.80 bits per heavy atom. The molecule has 6 heteroatoms. The van der Waals surface area contributed by atoms with Crippen LogP contribution < -0.4 is 0 Å². The van der Waals surface area contributed by atoms with Crippen LogP contribution in [0.4, 0.5) is 4.39 Å². The molecule has 0 amide bonds. The van der Waals surface area contributed by atoms with E-state index in [1.54, 1.807) is 0 Å². The summed E-state index contributed by atoms with van der Waals surface area (Å²) in [4.78, 5) is 11.2. The Labute approximate surface area is 115 Å². The van der Waals surface area contributed by atoms with Crippen LogP contribution in [0.1, 0.15) is 10.4 Å². The summed E-state index contributed by atoms with van der Waals surface area (Å²) in [5.74, 6) is -2.26. The summed E-state index contributed by atoms with van der Waals surface area (Å²) >= 11 is 0. The number of carboxylic acids is 1. The van der Waals surface area contributed by atoms with Crippen molar-refractivity contribution < 1.29 is 22.7 Å². The minimum absolute atomic E-state index is 0.0515. The Morgan fingerprint density at radius 3 is 2.40 bits per heavy atom. The second kappa shape index (κ2) is 5.05. The lowest BCUT2D eigenvalue weighted by molar-refractivity contribution is 0.0693. The molecule has 0 aliphatic rings. The topological polar surface area (TPSA) is 71.4 Å². The standard InChI is InChI=1S/C14H11FO4S/c1-20(18,19)10-5-2-4-9(8-10)11-6-3-7-12(15)13(11)14(16)17/h2-8H,1H3,(H,16,17). The van der Waals surface area contributed by atoms with Gasteiger partial charge in [-0.25, -0.2) is 17.6 Å². The van der Waals surface area contributed by atoms with Gasteiger partial charge in [-0.1, -0.05) is 24.3 Å². The maximum absolute atomic E-state index is 13.6. The average molecular weight is 294 g/mol. The SMILES string of the molecule is CS(=O)(=O)c1cccc(-c2cccc(F)c2C(=O)O)c1. The molecule has 0 heterocycles. The summed E-state index contributed by atoms with van der Waals surface area (Å²) in [6, 6.07) is 9.62. The normalized spacial score (nSPS) is 11.3. The molecule has 0 unspecified atom stereocenters. The van der Waals surface area contributed by atoms with E-state index in [1.807, 2.05) is 0 Å². The Bertz CT molecular complexity index is 782. The van der Waals surface area contributed by atoms with Crippen molar-refractivity contribution in [1.82, 2.24) is 0 Å². The van der Waals surface area contributed by atoms with Crippen LogP contribution in [0.2, 0.25) is 0 Å². The van der Waals surface area contributed by atoms with Gasteiger partial charge >= 0.3 is 5.97 Å². The molecular formula is C14H11FO4S. The molecule has 2 aromatic rings. The smallest absolute Gasteiger partial charge is 0.339 e. The Hall–Kier alpha value is -2.21. The summed E-state index contributed by atoms with van der Waals surface area (Å²) in [5.41, 5.74) is 0.00553. The van der Waals surface area contributed by atoms with E-state index < -0.39 is 27.2 Å². The van der Waals surface area contributed by atoms with Gasteiger partial charge in [0.15, 0.2) is 9.84 Å². The van der Waals surface area contributed by atoms with Crippen molar-refractivity contribution in [1.29, 1.82) is 0 Å². The Morgan fingerprint density at radius 1 is 1.15 bits per heavy atom. The Balaban J connectivity index is 2.70. The van der Waals surface area contributed by atoms with Crippen molar-refractivity contribution in [2.24, 2.45) is 0 Å². The highest BCUT2D eigenvalue weighted by Crippen LogP contribution is 2.27. The van der Waals surface area contributed by atoms with Crippen LogP contribution in [0.3, 0.4) is 0 Å². The predicted octanol–water partition coefficient (Wildman–Crippen LogP) is 2.59. The molecule has 20 heavy (non-hydrogen) atoms. The molecule has 104 valence electrons. The van der Waals surface area contributed by atoms with Crippen LogP contribution in [0.25, 0.3) is 11.1 Å². The zero-order valence-corrected chi connectivity index (χ0v) is 11.3. The number of benzene rings is 2. The van der Waals surface area contributed by atoms with Crippen molar-refractivity contribution in [2.45, 2.75) is 4.90 Å². The molecule has 0 saturated carbocycles. The molecule has 0 aliphatic heterocycles. The van der Waals surface area contributed by atoms with Gasteiger partial charge in [-0.2, -0.15) is 0 Å². The molecule has 0 spiro atoms. The van der Waals surface area contributed by atoms with Crippen LogP contribution in [-0.4, -0.2) is 25.7 Å². The number of sulfone groups is 1. The second-order valence-corrected chi connectivity index (χ2v) is 6.28. The van der Waals surface area contributed by atoms with Gasteiger partial charge in [-0.3, -0.25) is 0 Å². The van der Waals surface area contributed by atoms with Crippen molar-refractivity contribution in [3.63, 3.8) is 0 Å². The quantitative estimate of drug-likeness (QED) is 0.944. The van der Waals surface area contributed by atoms with E-state index in [9.17, 15) is 17.6 Å². The van der Waals surface area contributed by atoms with Crippen LogP contribution in [0.5, 0.6) is 0 Å². The van der Waals surface area contributed by atoms with E-state index in [2.05, 4.69) is 0 Å². The number of hydrogen-bond acceptors (Lipinski definition) is 3. The van der Waals surface area contributed by atoms with E-state index in [1.165, 1.54) is 36.4 Å². The first-order chi connectivity index (χ1) is 9.30. The first-order valence-electron chi connectivity index (χ1n) is 5.63. The number of hydrogen-bond donors (Lipinski definition) is 1. The maximum Gasteiger partial charge on any atom is 0.339 e. The maximum atomic E-state index is 13.6. The molecule has 2 rings (SSSR count). The minimum atomic E-state index is -3.42. The fraction of sp³-hybridized carbons (Fsp3) is 0.0714. The Kier molecular flexibility index (Phi) is 3.59. The second-order valence-electron chi connectivity index (χ2n) is 4.27. The van der Waals surface area contributed by atoms with Gasteiger partial charge in [0.2, 0.25) is 0 Å². The fourth-order valence-electron chi connectivity index (χ4n) is 1.88. The number of rotatable bonds is 3. The number of halogens is 1. The molecule has 0 radical (unpaired) electrons. The van der Waals surface area contributed by atoms with Gasteiger partial charge in [-0.05, 0) is 29.3 Å². The van der Waals surface area contributed by atoms with Crippen molar-refractivity contribution >= 4 is 15.8 Å². The lowest BCUT2D eigenvalue weighted by atomic mass is 9.99. The van der Waals surface area contributed by atoms with Crippen LogP contribution in [0.15, 0.2) is 47.4 Å². The number of aromatic carboxylic acids is 1. The zero-order valence-electron chi connectivity index (χ0n) is 10.5. The molecule has 0 bridgehead atoms. The van der Waals surface area contributed by atoms with E-state index in [-0.39, 0.29) is 10.5 Å². The highest BCUT2D eigenvalue weighted by Gasteiger charge is 2.17. The van der Waals surface area contributed by atoms with Crippen LogP contribution >= 0.6 is 0 Å². The summed E-state index contributed by atoms with van der Waals surface area (Å²) in [6.07, 6.45) is 1.05. The molecule has 0 fully saturated rings. The average Bonchev–Trinajstić information content (AvgIpc) is 2.37. The van der Waals surface area contributed by atoms with Gasteiger partial charge in [0.1, 0.15) is 11.4 Å². The lowest BCUT2D eigenvalue weighted by Crippen LogP contribution is -2.04. The van der Waals surface area contributed by atoms with Crippen LogP contribution in [-0.2, 0) is 9.84 Å². The van der Waals surface area contributed by atoms with Gasteiger partial charge in [-0.15, -0.1) is 0 Å². The molecule has 0 aliphatic carbocycles. The third-order valence-electron chi connectivity index (χ3n) is 2.80. The van der Waals surface area contributed by atoms with Crippen LogP contribution in [0, 0.1) is 5.82 Å². The van der Waals surface area contributed by atoms with E-state index >= 15 is 0 Å². The van der Waals surface area contributed by atoms with E-state index in [0.717, 1.165) is 12.3 Å². The predicted molar refractivity (Wildman–Crippen MR) is 71.9 cm³/mol. The summed E-state index contributed by atoms with van der Waals surface area (Å²) < 4.78 is 36.6. The monoisotopic (exact) mass is 294 g/mol.